The van der Waals surface area contributed by atoms with Crippen LogP contribution < -0.4 is 9.64 Å². The zero-order valence-electron chi connectivity index (χ0n) is 14.3. The van der Waals surface area contributed by atoms with Gasteiger partial charge in [0.2, 0.25) is 0 Å². The minimum absolute atomic E-state index is 0.0757. The van der Waals surface area contributed by atoms with Gasteiger partial charge in [0.1, 0.15) is 6.10 Å². The van der Waals surface area contributed by atoms with Gasteiger partial charge in [-0.15, -0.1) is 0 Å². The van der Waals surface area contributed by atoms with Crippen LogP contribution in [0.5, 0.6) is 5.88 Å². The number of anilines is 1. The van der Waals surface area contributed by atoms with Gasteiger partial charge in [-0.25, -0.2) is 14.4 Å². The summed E-state index contributed by atoms with van der Waals surface area (Å²) in [6.45, 7) is 3.61. The third-order valence-electron chi connectivity index (χ3n) is 4.60. The molecule has 0 amide bonds. The van der Waals surface area contributed by atoms with Crippen LogP contribution in [-0.4, -0.2) is 38.9 Å². The first-order valence-corrected chi connectivity index (χ1v) is 8.44. The Labute approximate surface area is 145 Å². The van der Waals surface area contributed by atoms with E-state index in [1.165, 1.54) is 6.07 Å². The molecule has 0 unspecified atom stereocenters. The first-order valence-electron chi connectivity index (χ1n) is 8.44. The van der Waals surface area contributed by atoms with Gasteiger partial charge in [0.15, 0.2) is 11.5 Å². The smallest absolute Gasteiger partial charge is 0.250 e. The molecule has 3 aromatic rings. The summed E-state index contributed by atoms with van der Waals surface area (Å²) < 4.78 is 21.4. The third-order valence-corrected chi connectivity index (χ3v) is 4.60. The summed E-state index contributed by atoms with van der Waals surface area (Å²) in [6.07, 6.45) is 5.11. The van der Waals surface area contributed by atoms with Crippen molar-refractivity contribution in [3.8, 4) is 5.88 Å². The largest absolute Gasteiger partial charge is 0.470 e. The second kappa shape index (κ2) is 6.31. The van der Waals surface area contributed by atoms with Crippen molar-refractivity contribution in [1.82, 2.24) is 19.7 Å². The summed E-state index contributed by atoms with van der Waals surface area (Å²) in [5.41, 5.74) is 2.93. The van der Waals surface area contributed by atoms with Crippen LogP contribution in [0, 0.1) is 12.7 Å². The number of halogens is 1. The van der Waals surface area contributed by atoms with Gasteiger partial charge in [0, 0.05) is 26.0 Å². The first kappa shape index (κ1) is 15.8. The molecule has 0 radical (unpaired) electrons. The zero-order valence-corrected chi connectivity index (χ0v) is 14.3. The van der Waals surface area contributed by atoms with E-state index in [2.05, 4.69) is 20.0 Å². The number of aromatic nitrogens is 4. The Morgan fingerprint density at radius 1 is 1.24 bits per heavy atom. The van der Waals surface area contributed by atoms with Crippen LogP contribution in [-0.2, 0) is 7.05 Å². The number of hydrogen-bond donors (Lipinski definition) is 0. The van der Waals surface area contributed by atoms with Crippen molar-refractivity contribution in [2.24, 2.45) is 7.05 Å². The minimum Gasteiger partial charge on any atom is -0.470 e. The molecule has 1 saturated heterocycles. The molecule has 0 N–H and O–H groups in total. The van der Waals surface area contributed by atoms with Gasteiger partial charge in [-0.3, -0.25) is 4.68 Å². The predicted molar refractivity (Wildman–Crippen MR) is 93.3 cm³/mol. The standard InChI is InChI=1S/C18H20FN5O/c1-12-16-15(7-9-20-17(16)23(2)22-12)24-10-4-5-13(11-24)25-18-14(19)6-3-8-21-18/h3,6-9,13H,4-5,10-11H2,1-2H3/t13-/m0/s1. The molecule has 1 atom stereocenters. The fourth-order valence-electron chi connectivity index (χ4n) is 3.49. The SMILES string of the molecule is Cc1nn(C)c2nccc(N3CCC[C@H](Oc4ncccc4F)C3)c12. The first-order chi connectivity index (χ1) is 12.1. The van der Waals surface area contributed by atoms with Crippen molar-refractivity contribution >= 4 is 16.7 Å². The van der Waals surface area contributed by atoms with E-state index in [1.54, 1.807) is 16.9 Å². The lowest BCUT2D eigenvalue weighted by molar-refractivity contribution is 0.164. The number of nitrogens with zero attached hydrogens (tertiary/aromatic N) is 5. The fourth-order valence-corrected chi connectivity index (χ4v) is 3.49. The Balaban J connectivity index is 1.61. The van der Waals surface area contributed by atoms with E-state index >= 15 is 0 Å². The predicted octanol–water partition coefficient (Wildman–Crippen LogP) is 2.86. The highest BCUT2D eigenvalue weighted by atomic mass is 19.1. The molecular weight excluding hydrogens is 321 g/mol. The van der Waals surface area contributed by atoms with Crippen molar-refractivity contribution in [1.29, 1.82) is 0 Å². The van der Waals surface area contributed by atoms with Gasteiger partial charge in [-0.1, -0.05) is 0 Å². The summed E-state index contributed by atoms with van der Waals surface area (Å²) >= 11 is 0. The molecule has 7 heteroatoms. The number of hydrogen-bond acceptors (Lipinski definition) is 5. The maximum absolute atomic E-state index is 13.8. The zero-order chi connectivity index (χ0) is 17.4. The van der Waals surface area contributed by atoms with Crippen LogP contribution in [0.2, 0.25) is 0 Å². The highest BCUT2D eigenvalue weighted by Gasteiger charge is 2.25. The summed E-state index contributed by atoms with van der Waals surface area (Å²) in [7, 11) is 1.90. The summed E-state index contributed by atoms with van der Waals surface area (Å²) in [6, 6.07) is 4.95. The molecule has 0 aromatic carbocycles. The lowest BCUT2D eigenvalue weighted by Crippen LogP contribution is -2.41. The van der Waals surface area contributed by atoms with Crippen LogP contribution in [0.25, 0.3) is 11.0 Å². The monoisotopic (exact) mass is 341 g/mol. The Morgan fingerprint density at radius 3 is 2.96 bits per heavy atom. The van der Waals surface area contributed by atoms with Crippen molar-refractivity contribution < 1.29 is 9.13 Å². The Hall–Kier alpha value is -2.70. The maximum Gasteiger partial charge on any atom is 0.250 e. The topological polar surface area (TPSA) is 56.1 Å². The molecule has 0 bridgehead atoms. The molecular formula is C18H20FN5O. The average molecular weight is 341 g/mol. The number of piperidine rings is 1. The van der Waals surface area contributed by atoms with E-state index in [-0.39, 0.29) is 12.0 Å². The van der Waals surface area contributed by atoms with Gasteiger partial charge in [-0.2, -0.15) is 5.10 Å². The minimum atomic E-state index is -0.422. The second-order valence-electron chi connectivity index (χ2n) is 6.36. The number of aryl methyl sites for hydroxylation is 2. The van der Waals surface area contributed by atoms with Crippen molar-refractivity contribution in [2.45, 2.75) is 25.9 Å². The Bertz CT molecular complexity index is 910. The molecule has 4 heterocycles. The van der Waals surface area contributed by atoms with Crippen molar-refractivity contribution in [2.75, 3.05) is 18.0 Å². The number of ether oxygens (including phenoxy) is 1. The van der Waals surface area contributed by atoms with Gasteiger partial charge in [-0.05, 0) is 38.0 Å². The summed E-state index contributed by atoms with van der Waals surface area (Å²) in [5, 5.41) is 5.55. The summed E-state index contributed by atoms with van der Waals surface area (Å²) in [4.78, 5) is 10.7. The van der Waals surface area contributed by atoms with Gasteiger partial charge in [0.05, 0.1) is 23.3 Å². The molecule has 3 aromatic heterocycles. The molecule has 6 nitrogen and oxygen atoms in total. The highest BCUT2D eigenvalue weighted by molar-refractivity contribution is 5.91. The van der Waals surface area contributed by atoms with Crippen LogP contribution in [0.1, 0.15) is 18.5 Å². The third kappa shape index (κ3) is 2.90. The number of rotatable bonds is 3. The Morgan fingerprint density at radius 2 is 2.12 bits per heavy atom. The molecule has 0 spiro atoms. The normalized spacial score (nSPS) is 17.9. The maximum atomic E-state index is 13.8. The average Bonchev–Trinajstić information content (AvgIpc) is 2.92. The highest BCUT2D eigenvalue weighted by Crippen LogP contribution is 2.30. The van der Waals surface area contributed by atoms with Crippen LogP contribution in [0.4, 0.5) is 10.1 Å². The second-order valence-corrected chi connectivity index (χ2v) is 6.36. The van der Waals surface area contributed by atoms with E-state index in [0.717, 1.165) is 41.8 Å². The van der Waals surface area contributed by atoms with Crippen molar-refractivity contribution in [3.05, 3.63) is 42.1 Å². The van der Waals surface area contributed by atoms with E-state index in [0.29, 0.717) is 6.54 Å². The molecule has 4 rings (SSSR count). The van der Waals surface area contributed by atoms with E-state index in [1.807, 2.05) is 26.2 Å². The van der Waals surface area contributed by atoms with Crippen LogP contribution >= 0.6 is 0 Å². The van der Waals surface area contributed by atoms with Crippen molar-refractivity contribution in [3.63, 3.8) is 0 Å². The Kier molecular flexibility index (Phi) is 3.99. The molecule has 1 aliphatic heterocycles. The number of fused-ring (bicyclic) bond motifs is 1. The molecule has 0 saturated carbocycles. The van der Waals surface area contributed by atoms with Crippen LogP contribution in [0.15, 0.2) is 30.6 Å². The van der Waals surface area contributed by atoms with E-state index < -0.39 is 5.82 Å². The molecule has 25 heavy (non-hydrogen) atoms. The molecule has 1 aliphatic rings. The molecule has 130 valence electrons. The summed E-state index contributed by atoms with van der Waals surface area (Å²) in [5.74, 6) is -0.346. The van der Waals surface area contributed by atoms with Gasteiger partial charge < -0.3 is 9.64 Å². The van der Waals surface area contributed by atoms with E-state index in [4.69, 9.17) is 4.74 Å². The lowest BCUT2D eigenvalue weighted by atomic mass is 10.1. The van der Waals surface area contributed by atoms with Gasteiger partial charge in [0.25, 0.3) is 5.88 Å². The fraction of sp³-hybridized carbons (Fsp3) is 0.389. The number of pyridine rings is 2. The lowest BCUT2D eigenvalue weighted by Gasteiger charge is -2.34. The molecule has 1 fully saturated rings. The van der Waals surface area contributed by atoms with Crippen LogP contribution in [0.3, 0.4) is 0 Å². The molecule has 0 aliphatic carbocycles. The quantitative estimate of drug-likeness (QED) is 0.733. The van der Waals surface area contributed by atoms with E-state index in [9.17, 15) is 4.39 Å². The van der Waals surface area contributed by atoms with Gasteiger partial charge >= 0.3 is 0 Å².